The quantitative estimate of drug-likeness (QED) is 0.558. The standard InChI is InChI=1S/C17H13F2N3O3/c18-10-5-3-9(12(19)8-10)4-6-13(23)14-15(20)11-2-1-7-21-16(11)22(25)17(14)24/h1-3,5,7-8,25H,4,6,20H2. The van der Waals surface area contributed by atoms with Gasteiger partial charge in [0, 0.05) is 24.1 Å². The Morgan fingerprint density at radius 1 is 1.28 bits per heavy atom. The van der Waals surface area contributed by atoms with Gasteiger partial charge in [-0.3, -0.25) is 9.59 Å². The van der Waals surface area contributed by atoms with Gasteiger partial charge in [-0.05, 0) is 30.2 Å². The normalized spacial score (nSPS) is 11.0. The van der Waals surface area contributed by atoms with Crippen LogP contribution in [0.25, 0.3) is 11.0 Å². The first-order chi connectivity index (χ1) is 11.9. The van der Waals surface area contributed by atoms with E-state index in [0.29, 0.717) is 0 Å². The molecule has 2 heterocycles. The Kier molecular flexibility index (Phi) is 4.18. The van der Waals surface area contributed by atoms with Crippen LogP contribution in [-0.4, -0.2) is 20.7 Å². The fourth-order valence-electron chi connectivity index (χ4n) is 2.60. The number of aryl methyl sites for hydroxylation is 1. The molecule has 0 aliphatic carbocycles. The molecule has 0 saturated heterocycles. The Morgan fingerprint density at radius 2 is 2.04 bits per heavy atom. The fourth-order valence-corrected chi connectivity index (χ4v) is 2.60. The minimum Gasteiger partial charge on any atom is -0.423 e. The fraction of sp³-hybridized carbons (Fsp3) is 0.118. The summed E-state index contributed by atoms with van der Waals surface area (Å²) in [6.07, 6.45) is 1.10. The van der Waals surface area contributed by atoms with Gasteiger partial charge in [-0.1, -0.05) is 6.07 Å². The number of rotatable bonds is 4. The van der Waals surface area contributed by atoms with Crippen LogP contribution in [0.4, 0.5) is 14.5 Å². The molecule has 0 aliphatic rings. The number of Topliss-reactive ketones (excluding diaryl/α,β-unsaturated/α-hetero) is 1. The molecule has 0 spiro atoms. The lowest BCUT2D eigenvalue weighted by Crippen LogP contribution is -2.28. The molecule has 8 heteroatoms. The third-order valence-corrected chi connectivity index (χ3v) is 3.87. The molecule has 3 rings (SSSR count). The Hall–Kier alpha value is -3.29. The molecule has 2 aromatic heterocycles. The molecule has 3 aromatic rings. The van der Waals surface area contributed by atoms with Crippen molar-refractivity contribution in [1.82, 2.24) is 9.71 Å². The highest BCUT2D eigenvalue weighted by molar-refractivity contribution is 6.06. The van der Waals surface area contributed by atoms with Crippen molar-refractivity contribution in [2.45, 2.75) is 12.8 Å². The van der Waals surface area contributed by atoms with Crippen LogP contribution in [0, 0.1) is 11.6 Å². The Labute approximate surface area is 140 Å². The van der Waals surface area contributed by atoms with Crippen LogP contribution in [0.15, 0.2) is 41.3 Å². The number of hydrogen-bond acceptors (Lipinski definition) is 5. The summed E-state index contributed by atoms with van der Waals surface area (Å²) in [6.45, 7) is 0. The molecule has 0 bridgehead atoms. The van der Waals surface area contributed by atoms with E-state index in [-0.39, 0.29) is 45.4 Å². The molecular formula is C17H13F2N3O3. The summed E-state index contributed by atoms with van der Waals surface area (Å²) in [5.41, 5.74) is 4.50. The van der Waals surface area contributed by atoms with E-state index in [1.807, 2.05) is 0 Å². The zero-order chi connectivity index (χ0) is 18.1. The van der Waals surface area contributed by atoms with Crippen LogP contribution in [0.2, 0.25) is 0 Å². The van der Waals surface area contributed by atoms with Gasteiger partial charge in [0.05, 0.1) is 5.69 Å². The molecule has 0 aliphatic heterocycles. The number of fused-ring (bicyclic) bond motifs is 1. The zero-order valence-electron chi connectivity index (χ0n) is 12.9. The lowest BCUT2D eigenvalue weighted by atomic mass is 10.0. The number of carbonyl (C=O) groups is 1. The molecule has 0 amide bonds. The summed E-state index contributed by atoms with van der Waals surface area (Å²) < 4.78 is 26.8. The summed E-state index contributed by atoms with van der Waals surface area (Å²) in [4.78, 5) is 28.5. The summed E-state index contributed by atoms with van der Waals surface area (Å²) in [6, 6.07) is 6.09. The number of anilines is 1. The number of nitrogens with zero attached hydrogens (tertiary/aromatic N) is 2. The van der Waals surface area contributed by atoms with E-state index >= 15 is 0 Å². The number of benzene rings is 1. The minimum atomic E-state index is -0.992. The second-order valence-corrected chi connectivity index (χ2v) is 5.44. The SMILES string of the molecule is Nc1c(C(=O)CCc2ccc(F)cc2F)c(=O)n(O)c2ncccc12. The van der Waals surface area contributed by atoms with Crippen molar-refractivity contribution in [3.8, 4) is 0 Å². The van der Waals surface area contributed by atoms with E-state index in [0.717, 1.165) is 12.1 Å². The van der Waals surface area contributed by atoms with Gasteiger partial charge in [0.2, 0.25) is 0 Å². The number of carbonyl (C=O) groups excluding carboxylic acids is 1. The maximum absolute atomic E-state index is 13.6. The van der Waals surface area contributed by atoms with E-state index in [9.17, 15) is 23.6 Å². The van der Waals surface area contributed by atoms with Crippen molar-refractivity contribution in [3.63, 3.8) is 0 Å². The van der Waals surface area contributed by atoms with Crippen LogP contribution in [0.3, 0.4) is 0 Å². The molecule has 0 atom stereocenters. The average Bonchev–Trinajstić information content (AvgIpc) is 2.59. The number of halogens is 2. The molecule has 0 radical (unpaired) electrons. The highest BCUT2D eigenvalue weighted by Gasteiger charge is 2.21. The number of aromatic nitrogens is 2. The molecule has 0 saturated carbocycles. The van der Waals surface area contributed by atoms with Crippen molar-refractivity contribution >= 4 is 22.5 Å². The average molecular weight is 345 g/mol. The topological polar surface area (TPSA) is 98.2 Å². The monoisotopic (exact) mass is 345 g/mol. The highest BCUT2D eigenvalue weighted by Crippen LogP contribution is 2.22. The first kappa shape index (κ1) is 16.6. The van der Waals surface area contributed by atoms with Gasteiger partial charge in [0.1, 0.15) is 17.2 Å². The molecule has 25 heavy (non-hydrogen) atoms. The first-order valence-corrected chi connectivity index (χ1v) is 7.35. The van der Waals surface area contributed by atoms with Crippen LogP contribution in [0.5, 0.6) is 0 Å². The Balaban J connectivity index is 1.96. The van der Waals surface area contributed by atoms with Gasteiger partial charge >= 0.3 is 0 Å². The maximum atomic E-state index is 13.6. The predicted octanol–water partition coefficient (Wildman–Crippen LogP) is 2.31. The van der Waals surface area contributed by atoms with E-state index in [1.54, 1.807) is 6.07 Å². The van der Waals surface area contributed by atoms with Crippen molar-refractivity contribution in [2.24, 2.45) is 0 Å². The van der Waals surface area contributed by atoms with E-state index in [4.69, 9.17) is 5.73 Å². The predicted molar refractivity (Wildman–Crippen MR) is 86.6 cm³/mol. The molecule has 6 nitrogen and oxygen atoms in total. The van der Waals surface area contributed by atoms with Gasteiger partial charge < -0.3 is 10.9 Å². The van der Waals surface area contributed by atoms with E-state index in [1.165, 1.54) is 18.3 Å². The van der Waals surface area contributed by atoms with Crippen LogP contribution in [0.1, 0.15) is 22.3 Å². The van der Waals surface area contributed by atoms with Crippen LogP contribution < -0.4 is 11.3 Å². The molecule has 3 N–H and O–H groups in total. The largest absolute Gasteiger partial charge is 0.423 e. The van der Waals surface area contributed by atoms with E-state index < -0.39 is 23.0 Å². The number of nitrogen functional groups attached to an aromatic ring is 1. The smallest absolute Gasteiger partial charge is 0.297 e. The molecule has 128 valence electrons. The van der Waals surface area contributed by atoms with Gasteiger partial charge in [-0.2, -0.15) is 0 Å². The van der Waals surface area contributed by atoms with Crippen molar-refractivity contribution < 1.29 is 18.8 Å². The third-order valence-electron chi connectivity index (χ3n) is 3.87. The van der Waals surface area contributed by atoms with Crippen LogP contribution >= 0.6 is 0 Å². The number of nitrogens with two attached hydrogens (primary N) is 1. The summed E-state index contributed by atoms with van der Waals surface area (Å²) in [7, 11) is 0. The number of hydrogen-bond donors (Lipinski definition) is 2. The third kappa shape index (κ3) is 2.93. The molecular weight excluding hydrogens is 332 g/mol. The van der Waals surface area contributed by atoms with Crippen molar-refractivity contribution in [3.05, 3.63) is 69.6 Å². The molecule has 1 aromatic carbocycles. The molecule has 0 fully saturated rings. The van der Waals surface area contributed by atoms with E-state index in [2.05, 4.69) is 4.98 Å². The van der Waals surface area contributed by atoms with Gasteiger partial charge in [0.15, 0.2) is 11.4 Å². The summed E-state index contributed by atoms with van der Waals surface area (Å²) >= 11 is 0. The maximum Gasteiger partial charge on any atom is 0.297 e. The van der Waals surface area contributed by atoms with Gasteiger partial charge in [0.25, 0.3) is 5.56 Å². The minimum absolute atomic E-state index is 0.0413. The van der Waals surface area contributed by atoms with Gasteiger partial charge in [-0.15, -0.1) is 4.73 Å². The first-order valence-electron chi connectivity index (χ1n) is 7.35. The Morgan fingerprint density at radius 3 is 2.76 bits per heavy atom. The second-order valence-electron chi connectivity index (χ2n) is 5.44. The van der Waals surface area contributed by atoms with Crippen molar-refractivity contribution in [2.75, 3.05) is 5.73 Å². The zero-order valence-corrected chi connectivity index (χ0v) is 12.9. The van der Waals surface area contributed by atoms with Crippen LogP contribution in [-0.2, 0) is 6.42 Å². The lowest BCUT2D eigenvalue weighted by molar-refractivity contribution is 0.0976. The summed E-state index contributed by atoms with van der Waals surface area (Å²) in [5.74, 6) is -2.15. The summed E-state index contributed by atoms with van der Waals surface area (Å²) in [5, 5.41) is 10.2. The van der Waals surface area contributed by atoms with Gasteiger partial charge in [-0.25, -0.2) is 13.8 Å². The second kappa shape index (κ2) is 6.31. The Bertz CT molecular complexity index is 1050. The van der Waals surface area contributed by atoms with Crippen molar-refractivity contribution in [1.29, 1.82) is 0 Å². The lowest BCUT2D eigenvalue weighted by Gasteiger charge is -2.10. The molecule has 0 unspecified atom stereocenters. The highest BCUT2D eigenvalue weighted by atomic mass is 19.1. The number of ketones is 1. The number of pyridine rings is 2.